The Morgan fingerprint density at radius 1 is 1.29 bits per heavy atom. The highest BCUT2D eigenvalue weighted by Crippen LogP contribution is 2.23. The Hall–Kier alpha value is -1.96. The van der Waals surface area contributed by atoms with E-state index in [4.69, 9.17) is 0 Å². The molecule has 0 atom stereocenters. The minimum absolute atomic E-state index is 0.770. The molecule has 1 heterocycles. The first-order chi connectivity index (χ1) is 8.20. The van der Waals surface area contributed by atoms with Crippen LogP contribution in [0.25, 0.3) is 11.1 Å². The minimum atomic E-state index is 0.770. The molecule has 1 aromatic carbocycles. The third kappa shape index (κ3) is 2.59. The van der Waals surface area contributed by atoms with Gasteiger partial charge in [0.1, 0.15) is 5.82 Å². The summed E-state index contributed by atoms with van der Waals surface area (Å²) in [4.78, 5) is 8.77. The van der Waals surface area contributed by atoms with Crippen molar-refractivity contribution in [1.29, 1.82) is 0 Å². The van der Waals surface area contributed by atoms with Gasteiger partial charge in [0.25, 0.3) is 0 Å². The molecule has 0 aliphatic carbocycles. The van der Waals surface area contributed by atoms with Crippen LogP contribution < -0.4 is 0 Å². The van der Waals surface area contributed by atoms with Gasteiger partial charge in [-0.3, -0.25) is 0 Å². The van der Waals surface area contributed by atoms with Crippen LogP contribution in [0, 0.1) is 13.8 Å². The molecule has 2 heteroatoms. The van der Waals surface area contributed by atoms with Gasteiger partial charge in [0.2, 0.25) is 0 Å². The van der Waals surface area contributed by atoms with E-state index in [9.17, 15) is 0 Å². The molecule has 2 nitrogen and oxygen atoms in total. The van der Waals surface area contributed by atoms with Gasteiger partial charge in [-0.25, -0.2) is 9.97 Å². The second-order valence-electron chi connectivity index (χ2n) is 4.14. The Morgan fingerprint density at radius 2 is 2.12 bits per heavy atom. The van der Waals surface area contributed by atoms with E-state index in [0.717, 1.165) is 23.5 Å². The molecular formula is C15H16N2. The summed E-state index contributed by atoms with van der Waals surface area (Å²) in [5.74, 6) is 0.804. The van der Waals surface area contributed by atoms with Gasteiger partial charge in [0.05, 0.1) is 5.69 Å². The Balaban J connectivity index is 2.54. The molecule has 0 amide bonds. The van der Waals surface area contributed by atoms with Gasteiger partial charge in [0, 0.05) is 18.2 Å². The van der Waals surface area contributed by atoms with Gasteiger partial charge in [-0.15, -0.1) is 6.58 Å². The summed E-state index contributed by atoms with van der Waals surface area (Å²) in [5.41, 5.74) is 4.55. The zero-order chi connectivity index (χ0) is 12.3. The Morgan fingerprint density at radius 3 is 2.82 bits per heavy atom. The van der Waals surface area contributed by atoms with Crippen LogP contribution in [0.4, 0.5) is 0 Å². The molecular weight excluding hydrogens is 208 g/mol. The summed E-state index contributed by atoms with van der Waals surface area (Å²) in [6.07, 6.45) is 4.55. The van der Waals surface area contributed by atoms with E-state index >= 15 is 0 Å². The van der Waals surface area contributed by atoms with E-state index in [1.165, 1.54) is 11.1 Å². The predicted octanol–water partition coefficient (Wildman–Crippen LogP) is 3.49. The molecule has 0 bridgehead atoms. The zero-order valence-electron chi connectivity index (χ0n) is 10.3. The number of rotatable bonds is 3. The van der Waals surface area contributed by atoms with Gasteiger partial charge in [-0.1, -0.05) is 35.9 Å². The van der Waals surface area contributed by atoms with Crippen molar-refractivity contribution in [3.63, 3.8) is 0 Å². The highest BCUT2D eigenvalue weighted by molar-refractivity contribution is 5.65. The fourth-order valence-corrected chi connectivity index (χ4v) is 1.86. The lowest BCUT2D eigenvalue weighted by Gasteiger charge is -2.08. The number of nitrogens with zero attached hydrogens (tertiary/aromatic N) is 2. The first kappa shape index (κ1) is 11.5. The topological polar surface area (TPSA) is 25.8 Å². The highest BCUT2D eigenvalue weighted by atomic mass is 14.9. The lowest BCUT2D eigenvalue weighted by Crippen LogP contribution is -1.98. The molecule has 0 unspecified atom stereocenters. The fourth-order valence-electron chi connectivity index (χ4n) is 1.86. The van der Waals surface area contributed by atoms with Crippen LogP contribution in [0.3, 0.4) is 0 Å². The largest absolute Gasteiger partial charge is 0.241 e. The van der Waals surface area contributed by atoms with Gasteiger partial charge in [-0.2, -0.15) is 0 Å². The van der Waals surface area contributed by atoms with Crippen molar-refractivity contribution >= 4 is 0 Å². The Bertz CT molecular complexity index is 544. The monoisotopic (exact) mass is 224 g/mol. The van der Waals surface area contributed by atoms with Crippen molar-refractivity contribution in [2.75, 3.05) is 0 Å². The molecule has 0 spiro atoms. The maximum atomic E-state index is 4.49. The molecule has 0 radical (unpaired) electrons. The van der Waals surface area contributed by atoms with E-state index < -0.39 is 0 Å². The summed E-state index contributed by atoms with van der Waals surface area (Å²) >= 11 is 0. The van der Waals surface area contributed by atoms with Gasteiger partial charge in [0.15, 0.2) is 0 Å². The maximum absolute atomic E-state index is 4.49. The lowest BCUT2D eigenvalue weighted by atomic mass is 10.0. The Kier molecular flexibility index (Phi) is 3.33. The van der Waals surface area contributed by atoms with Crippen molar-refractivity contribution in [3.8, 4) is 11.1 Å². The molecule has 0 aliphatic heterocycles. The van der Waals surface area contributed by atoms with Crippen molar-refractivity contribution in [2.24, 2.45) is 0 Å². The standard InChI is InChI=1S/C15H16N2/c1-4-6-15-14(10-16-12(3)17-15)13-8-5-7-11(2)9-13/h4-5,7-10H,1,6H2,2-3H3. The maximum Gasteiger partial charge on any atom is 0.125 e. The quantitative estimate of drug-likeness (QED) is 0.746. The van der Waals surface area contributed by atoms with Gasteiger partial charge < -0.3 is 0 Å². The van der Waals surface area contributed by atoms with E-state index in [1.807, 2.05) is 19.2 Å². The molecule has 0 saturated carbocycles. The summed E-state index contributed by atoms with van der Waals surface area (Å²) in [7, 11) is 0. The molecule has 17 heavy (non-hydrogen) atoms. The Labute approximate surface area is 102 Å². The first-order valence-corrected chi connectivity index (χ1v) is 5.71. The van der Waals surface area contributed by atoms with Crippen LogP contribution in [-0.4, -0.2) is 9.97 Å². The van der Waals surface area contributed by atoms with E-state index in [2.05, 4.69) is 47.7 Å². The number of aromatic nitrogens is 2. The molecule has 86 valence electrons. The highest BCUT2D eigenvalue weighted by Gasteiger charge is 2.06. The minimum Gasteiger partial charge on any atom is -0.241 e. The summed E-state index contributed by atoms with van der Waals surface area (Å²) in [6, 6.07) is 8.39. The molecule has 2 rings (SSSR count). The second kappa shape index (κ2) is 4.91. The van der Waals surface area contributed by atoms with E-state index in [0.29, 0.717) is 0 Å². The normalized spacial score (nSPS) is 10.2. The van der Waals surface area contributed by atoms with Crippen LogP contribution in [0.1, 0.15) is 17.1 Å². The number of hydrogen-bond acceptors (Lipinski definition) is 2. The van der Waals surface area contributed by atoms with Crippen LogP contribution >= 0.6 is 0 Å². The number of aryl methyl sites for hydroxylation is 2. The van der Waals surface area contributed by atoms with Crippen LogP contribution in [0.2, 0.25) is 0 Å². The molecule has 0 saturated heterocycles. The average molecular weight is 224 g/mol. The van der Waals surface area contributed by atoms with Crippen LogP contribution in [0.15, 0.2) is 43.1 Å². The van der Waals surface area contributed by atoms with Crippen molar-refractivity contribution < 1.29 is 0 Å². The fraction of sp³-hybridized carbons (Fsp3) is 0.200. The van der Waals surface area contributed by atoms with Crippen molar-refractivity contribution in [1.82, 2.24) is 9.97 Å². The van der Waals surface area contributed by atoms with Gasteiger partial charge >= 0.3 is 0 Å². The van der Waals surface area contributed by atoms with Crippen molar-refractivity contribution in [3.05, 3.63) is 60.2 Å². The lowest BCUT2D eigenvalue weighted by molar-refractivity contribution is 0.985. The summed E-state index contributed by atoms with van der Waals surface area (Å²) < 4.78 is 0. The van der Waals surface area contributed by atoms with Crippen LogP contribution in [0.5, 0.6) is 0 Å². The predicted molar refractivity (Wildman–Crippen MR) is 70.8 cm³/mol. The number of allylic oxidation sites excluding steroid dienone is 1. The third-order valence-electron chi connectivity index (χ3n) is 2.65. The number of hydrogen-bond donors (Lipinski definition) is 0. The molecule has 0 fully saturated rings. The smallest absolute Gasteiger partial charge is 0.125 e. The van der Waals surface area contributed by atoms with Gasteiger partial charge in [-0.05, 0) is 19.4 Å². The molecule has 0 N–H and O–H groups in total. The zero-order valence-corrected chi connectivity index (χ0v) is 10.3. The molecule has 0 aliphatic rings. The molecule has 2 aromatic rings. The first-order valence-electron chi connectivity index (χ1n) is 5.71. The summed E-state index contributed by atoms with van der Waals surface area (Å²) in [6.45, 7) is 7.78. The van der Waals surface area contributed by atoms with E-state index in [1.54, 1.807) is 0 Å². The number of benzene rings is 1. The molecule has 1 aromatic heterocycles. The van der Waals surface area contributed by atoms with E-state index in [-0.39, 0.29) is 0 Å². The van der Waals surface area contributed by atoms with Crippen LogP contribution in [-0.2, 0) is 6.42 Å². The van der Waals surface area contributed by atoms with Crippen molar-refractivity contribution in [2.45, 2.75) is 20.3 Å². The third-order valence-corrected chi connectivity index (χ3v) is 2.65. The average Bonchev–Trinajstić information content (AvgIpc) is 2.29. The summed E-state index contributed by atoms with van der Waals surface area (Å²) in [5, 5.41) is 0. The second-order valence-corrected chi connectivity index (χ2v) is 4.14. The SMILES string of the molecule is C=CCc1nc(C)ncc1-c1cccc(C)c1.